The summed E-state index contributed by atoms with van der Waals surface area (Å²) in [4.78, 5) is 10.3. The zero-order valence-corrected chi connectivity index (χ0v) is 11.6. The van der Waals surface area contributed by atoms with Crippen LogP contribution in [-0.2, 0) is 10.9 Å². The summed E-state index contributed by atoms with van der Waals surface area (Å²) in [6, 6.07) is 6.82. The van der Waals surface area contributed by atoms with Gasteiger partial charge in [0.2, 0.25) is 5.95 Å². The van der Waals surface area contributed by atoms with Crippen molar-refractivity contribution in [3.63, 3.8) is 0 Å². The van der Waals surface area contributed by atoms with Crippen molar-refractivity contribution in [3.8, 4) is 0 Å². The van der Waals surface area contributed by atoms with Gasteiger partial charge in [-0.05, 0) is 23.8 Å². The van der Waals surface area contributed by atoms with E-state index in [-0.39, 0.29) is 6.10 Å². The number of anilines is 1. The molecule has 4 nitrogen and oxygen atoms in total. The molecular weight excluding hydrogens is 295 g/mol. The number of ether oxygens (including phenoxy) is 1. The van der Waals surface area contributed by atoms with E-state index in [1.807, 2.05) is 4.90 Å². The Hall–Kier alpha value is -2.15. The van der Waals surface area contributed by atoms with Crippen LogP contribution < -0.4 is 4.90 Å². The number of hydrogen-bond donors (Lipinski definition) is 0. The molecule has 1 saturated heterocycles. The number of nitrogens with zero attached hydrogens (tertiary/aromatic N) is 3. The average molecular weight is 309 g/mol. The molecule has 1 aliphatic rings. The van der Waals surface area contributed by atoms with Crippen LogP contribution in [0.25, 0.3) is 0 Å². The second-order valence-electron chi connectivity index (χ2n) is 4.97. The number of rotatable bonds is 2. The first-order chi connectivity index (χ1) is 10.5. The second-order valence-corrected chi connectivity index (χ2v) is 4.97. The van der Waals surface area contributed by atoms with E-state index in [0.717, 1.165) is 12.1 Å². The first-order valence-corrected chi connectivity index (χ1v) is 6.85. The lowest BCUT2D eigenvalue weighted by Gasteiger charge is -2.33. The topological polar surface area (TPSA) is 38.2 Å². The molecular formula is C15H14F3N3O. The van der Waals surface area contributed by atoms with Crippen LogP contribution in [0.1, 0.15) is 17.2 Å². The van der Waals surface area contributed by atoms with Gasteiger partial charge in [-0.25, -0.2) is 9.97 Å². The predicted octanol–water partition coefficient (Wildman–Crippen LogP) is 3.07. The molecule has 7 heteroatoms. The zero-order valence-electron chi connectivity index (χ0n) is 11.6. The quantitative estimate of drug-likeness (QED) is 0.854. The molecule has 0 radical (unpaired) electrons. The minimum absolute atomic E-state index is 0.292. The molecule has 116 valence electrons. The summed E-state index contributed by atoms with van der Waals surface area (Å²) in [5.41, 5.74) is 0.0592. The van der Waals surface area contributed by atoms with Crippen molar-refractivity contribution in [2.75, 3.05) is 24.6 Å². The van der Waals surface area contributed by atoms with Crippen molar-refractivity contribution in [1.29, 1.82) is 0 Å². The normalized spacial score (nSPS) is 19.2. The van der Waals surface area contributed by atoms with Crippen LogP contribution in [0.15, 0.2) is 42.7 Å². The number of morpholine rings is 1. The molecule has 1 aromatic heterocycles. The van der Waals surface area contributed by atoms with Crippen LogP contribution in [0.4, 0.5) is 19.1 Å². The van der Waals surface area contributed by atoms with E-state index >= 15 is 0 Å². The Morgan fingerprint density at radius 3 is 2.41 bits per heavy atom. The molecule has 2 heterocycles. The smallest absolute Gasteiger partial charge is 0.370 e. The Morgan fingerprint density at radius 1 is 1.09 bits per heavy atom. The summed E-state index contributed by atoms with van der Waals surface area (Å²) in [5.74, 6) is 0.600. The molecule has 1 unspecified atom stereocenters. The summed E-state index contributed by atoms with van der Waals surface area (Å²) >= 11 is 0. The highest BCUT2D eigenvalue weighted by atomic mass is 19.4. The van der Waals surface area contributed by atoms with E-state index in [1.165, 1.54) is 12.1 Å². The molecule has 22 heavy (non-hydrogen) atoms. The third-order valence-electron chi connectivity index (χ3n) is 3.51. The van der Waals surface area contributed by atoms with Crippen molar-refractivity contribution < 1.29 is 17.9 Å². The van der Waals surface area contributed by atoms with Gasteiger partial charge in [-0.3, -0.25) is 0 Å². The standard InChI is InChI=1S/C15H14F3N3O/c16-15(17,18)12-4-2-11(3-5-12)13-10-21(8-9-22-13)14-19-6-1-7-20-14/h1-7,13H,8-10H2. The molecule has 2 aromatic rings. The van der Waals surface area contributed by atoms with Crippen LogP contribution in [-0.4, -0.2) is 29.7 Å². The number of hydrogen-bond acceptors (Lipinski definition) is 4. The van der Waals surface area contributed by atoms with Gasteiger partial charge in [0.1, 0.15) is 6.10 Å². The Kier molecular flexibility index (Phi) is 3.98. The van der Waals surface area contributed by atoms with Gasteiger partial charge in [0, 0.05) is 18.9 Å². The average Bonchev–Trinajstić information content (AvgIpc) is 2.55. The van der Waals surface area contributed by atoms with Gasteiger partial charge in [0.15, 0.2) is 0 Å². The van der Waals surface area contributed by atoms with Crippen LogP contribution in [0.3, 0.4) is 0 Å². The summed E-state index contributed by atoms with van der Waals surface area (Å²) in [6.45, 7) is 1.64. The molecule has 1 aromatic carbocycles. The minimum atomic E-state index is -4.32. The van der Waals surface area contributed by atoms with Gasteiger partial charge < -0.3 is 9.64 Å². The first kappa shape index (κ1) is 14.8. The molecule has 0 aliphatic carbocycles. The maximum atomic E-state index is 12.6. The maximum Gasteiger partial charge on any atom is 0.416 e. The Balaban J connectivity index is 1.75. The number of alkyl halides is 3. The molecule has 1 aliphatic heterocycles. The fourth-order valence-electron chi connectivity index (χ4n) is 2.37. The van der Waals surface area contributed by atoms with Crippen molar-refractivity contribution >= 4 is 5.95 Å². The second kappa shape index (κ2) is 5.92. The van der Waals surface area contributed by atoms with Gasteiger partial charge in [0.05, 0.1) is 18.7 Å². The SMILES string of the molecule is FC(F)(F)c1ccc(C2CN(c3ncccn3)CCO2)cc1. The third-order valence-corrected chi connectivity index (χ3v) is 3.51. The van der Waals surface area contributed by atoms with E-state index in [4.69, 9.17) is 4.74 Å². The highest BCUT2D eigenvalue weighted by molar-refractivity contribution is 5.32. The van der Waals surface area contributed by atoms with Gasteiger partial charge in [-0.1, -0.05) is 12.1 Å². The summed E-state index contributed by atoms with van der Waals surface area (Å²) < 4.78 is 43.4. The van der Waals surface area contributed by atoms with Crippen molar-refractivity contribution in [2.24, 2.45) is 0 Å². The maximum absolute atomic E-state index is 12.6. The highest BCUT2D eigenvalue weighted by Crippen LogP contribution is 2.31. The van der Waals surface area contributed by atoms with E-state index in [0.29, 0.717) is 31.2 Å². The lowest BCUT2D eigenvalue weighted by molar-refractivity contribution is -0.137. The Morgan fingerprint density at radius 2 is 1.77 bits per heavy atom. The Bertz CT molecular complexity index is 616. The molecule has 1 atom stereocenters. The van der Waals surface area contributed by atoms with Crippen LogP contribution in [0, 0.1) is 0 Å². The molecule has 0 N–H and O–H groups in total. The lowest BCUT2D eigenvalue weighted by atomic mass is 10.1. The first-order valence-electron chi connectivity index (χ1n) is 6.85. The van der Waals surface area contributed by atoms with E-state index in [9.17, 15) is 13.2 Å². The number of aromatic nitrogens is 2. The fourth-order valence-corrected chi connectivity index (χ4v) is 2.37. The summed E-state index contributed by atoms with van der Waals surface area (Å²) in [5, 5.41) is 0. The zero-order chi connectivity index (χ0) is 15.6. The fraction of sp³-hybridized carbons (Fsp3) is 0.333. The van der Waals surface area contributed by atoms with E-state index in [1.54, 1.807) is 18.5 Å². The highest BCUT2D eigenvalue weighted by Gasteiger charge is 2.31. The molecule has 0 bridgehead atoms. The molecule has 0 amide bonds. The summed E-state index contributed by atoms with van der Waals surface area (Å²) in [6.07, 6.45) is -1.30. The Labute approximate surface area is 125 Å². The minimum Gasteiger partial charge on any atom is -0.370 e. The molecule has 0 saturated carbocycles. The van der Waals surface area contributed by atoms with Crippen LogP contribution >= 0.6 is 0 Å². The van der Waals surface area contributed by atoms with Crippen molar-refractivity contribution in [2.45, 2.75) is 12.3 Å². The predicted molar refractivity (Wildman–Crippen MR) is 74.4 cm³/mol. The third kappa shape index (κ3) is 3.19. The largest absolute Gasteiger partial charge is 0.416 e. The molecule has 3 rings (SSSR count). The van der Waals surface area contributed by atoms with Crippen LogP contribution in [0.2, 0.25) is 0 Å². The lowest BCUT2D eigenvalue weighted by Crippen LogP contribution is -2.39. The van der Waals surface area contributed by atoms with E-state index < -0.39 is 11.7 Å². The number of halogens is 3. The van der Waals surface area contributed by atoms with Crippen molar-refractivity contribution in [1.82, 2.24) is 9.97 Å². The molecule has 0 spiro atoms. The van der Waals surface area contributed by atoms with Gasteiger partial charge >= 0.3 is 6.18 Å². The molecule has 1 fully saturated rings. The summed E-state index contributed by atoms with van der Waals surface area (Å²) in [7, 11) is 0. The van der Waals surface area contributed by atoms with Gasteiger partial charge in [-0.15, -0.1) is 0 Å². The number of benzene rings is 1. The van der Waals surface area contributed by atoms with Gasteiger partial charge in [0.25, 0.3) is 0 Å². The monoisotopic (exact) mass is 309 g/mol. The van der Waals surface area contributed by atoms with Crippen LogP contribution in [0.5, 0.6) is 0 Å². The van der Waals surface area contributed by atoms with Crippen molar-refractivity contribution in [3.05, 3.63) is 53.9 Å². The van der Waals surface area contributed by atoms with Gasteiger partial charge in [-0.2, -0.15) is 13.2 Å². The van der Waals surface area contributed by atoms with E-state index in [2.05, 4.69) is 9.97 Å².